The van der Waals surface area contributed by atoms with E-state index in [0.29, 0.717) is 18.6 Å². The average Bonchev–Trinajstić information content (AvgIpc) is 3.08. The maximum Gasteiger partial charge on any atom is 0.328 e. The summed E-state index contributed by atoms with van der Waals surface area (Å²) in [7, 11) is 0. The van der Waals surface area contributed by atoms with E-state index in [1.807, 2.05) is 18.2 Å². The normalized spacial score (nSPS) is 19.0. The summed E-state index contributed by atoms with van der Waals surface area (Å²) in [5, 5.41) is 2.92. The van der Waals surface area contributed by atoms with Gasteiger partial charge in [-0.2, -0.15) is 0 Å². The van der Waals surface area contributed by atoms with E-state index in [1.165, 1.54) is 24.3 Å². The van der Waals surface area contributed by atoms with Gasteiger partial charge in [-0.1, -0.05) is 6.07 Å². The minimum Gasteiger partial charge on any atom is -0.464 e. The molecular weight excluding hydrogens is 335 g/mol. The monoisotopic (exact) mass is 354 g/mol. The van der Waals surface area contributed by atoms with E-state index in [-0.39, 0.29) is 23.7 Å². The minimum atomic E-state index is -0.377. The molecule has 0 bridgehead atoms. The lowest BCUT2D eigenvalue weighted by Gasteiger charge is -2.35. The molecule has 0 radical (unpaired) electrons. The molecule has 0 saturated carbocycles. The van der Waals surface area contributed by atoms with Gasteiger partial charge in [0.25, 0.3) is 5.91 Å². The Kier molecular flexibility index (Phi) is 4.32. The lowest BCUT2D eigenvalue weighted by Crippen LogP contribution is -2.42. The third-order valence-corrected chi connectivity index (χ3v) is 4.93. The summed E-state index contributed by atoms with van der Waals surface area (Å²) in [6.07, 6.45) is 2.41. The number of ether oxygens (including phenoxy) is 1. The number of fused-ring (bicyclic) bond motifs is 1. The number of benzene rings is 2. The Bertz CT molecular complexity index is 851. The van der Waals surface area contributed by atoms with Gasteiger partial charge in [0.2, 0.25) is 0 Å². The number of nitrogens with one attached hydrogen (secondary N) is 1. The number of hydrogen-bond donors (Lipinski definition) is 1. The topological polar surface area (TPSA) is 58.6 Å². The van der Waals surface area contributed by atoms with E-state index in [4.69, 9.17) is 4.74 Å². The molecule has 0 unspecified atom stereocenters. The summed E-state index contributed by atoms with van der Waals surface area (Å²) in [5.74, 6) is -0.841. The molecule has 2 heterocycles. The molecule has 1 atom stereocenters. The first kappa shape index (κ1) is 16.6. The van der Waals surface area contributed by atoms with E-state index in [1.54, 1.807) is 0 Å². The van der Waals surface area contributed by atoms with Crippen LogP contribution < -0.4 is 10.2 Å². The van der Waals surface area contributed by atoms with Crippen LogP contribution in [0.4, 0.5) is 15.8 Å². The highest BCUT2D eigenvalue weighted by Crippen LogP contribution is 2.35. The first-order valence-electron chi connectivity index (χ1n) is 8.75. The van der Waals surface area contributed by atoms with Crippen LogP contribution in [0, 0.1) is 5.82 Å². The number of esters is 1. The number of anilines is 2. The zero-order valence-electron chi connectivity index (χ0n) is 14.2. The molecule has 2 aliphatic rings. The highest BCUT2D eigenvalue weighted by atomic mass is 19.1. The van der Waals surface area contributed by atoms with Crippen molar-refractivity contribution in [2.45, 2.75) is 25.3 Å². The second kappa shape index (κ2) is 6.78. The van der Waals surface area contributed by atoms with Crippen LogP contribution in [0.2, 0.25) is 0 Å². The predicted octanol–water partition coefficient (Wildman–Crippen LogP) is 3.15. The van der Waals surface area contributed by atoms with E-state index in [0.717, 1.165) is 36.3 Å². The van der Waals surface area contributed by atoms with Crippen LogP contribution >= 0.6 is 0 Å². The second-order valence-electron chi connectivity index (χ2n) is 6.53. The standard InChI is InChI=1S/C20H19FN2O3/c21-14-8-6-13(7-9-14)19(24)22-16-4-1-5-17-15(16)3-2-11-23(17)18-10-12-26-20(18)25/h1,4-9,18H,2-3,10-12H2,(H,22,24)/t18-/m1/s1. The van der Waals surface area contributed by atoms with Gasteiger partial charge in [0.05, 0.1) is 6.61 Å². The summed E-state index contributed by atoms with van der Waals surface area (Å²) in [6, 6.07) is 10.9. The Hall–Kier alpha value is -2.89. The third-order valence-electron chi connectivity index (χ3n) is 4.93. The number of amides is 1. The van der Waals surface area contributed by atoms with Gasteiger partial charge in [0, 0.05) is 29.9 Å². The van der Waals surface area contributed by atoms with Crippen LogP contribution in [-0.4, -0.2) is 31.1 Å². The van der Waals surface area contributed by atoms with E-state index in [2.05, 4.69) is 10.2 Å². The van der Waals surface area contributed by atoms with Crippen molar-refractivity contribution in [1.29, 1.82) is 0 Å². The number of carbonyl (C=O) groups is 2. The number of cyclic esters (lactones) is 1. The molecule has 0 spiro atoms. The van der Waals surface area contributed by atoms with Gasteiger partial charge in [-0.15, -0.1) is 0 Å². The summed E-state index contributed by atoms with van der Waals surface area (Å²) in [4.78, 5) is 26.6. The third kappa shape index (κ3) is 3.03. The lowest BCUT2D eigenvalue weighted by atomic mass is 9.97. The molecule has 1 N–H and O–H groups in total. The molecule has 6 heteroatoms. The largest absolute Gasteiger partial charge is 0.464 e. The van der Waals surface area contributed by atoms with Crippen molar-refractivity contribution in [3.63, 3.8) is 0 Å². The van der Waals surface area contributed by atoms with E-state index in [9.17, 15) is 14.0 Å². The first-order valence-corrected chi connectivity index (χ1v) is 8.75. The smallest absolute Gasteiger partial charge is 0.328 e. The van der Waals surface area contributed by atoms with Crippen LogP contribution in [-0.2, 0) is 16.0 Å². The quantitative estimate of drug-likeness (QED) is 0.861. The van der Waals surface area contributed by atoms with Crippen molar-refractivity contribution in [2.75, 3.05) is 23.4 Å². The zero-order chi connectivity index (χ0) is 18.1. The molecule has 1 amide bonds. The van der Waals surface area contributed by atoms with Crippen LogP contribution in [0.25, 0.3) is 0 Å². The second-order valence-corrected chi connectivity index (χ2v) is 6.53. The molecule has 1 fully saturated rings. The maximum absolute atomic E-state index is 13.0. The molecule has 26 heavy (non-hydrogen) atoms. The van der Waals surface area contributed by atoms with Crippen LogP contribution in [0.3, 0.4) is 0 Å². The SMILES string of the molecule is O=C(Nc1cccc2c1CCCN2[C@@H]1CCOC1=O)c1ccc(F)cc1. The first-order chi connectivity index (χ1) is 12.6. The van der Waals surface area contributed by atoms with Crippen molar-refractivity contribution in [1.82, 2.24) is 0 Å². The fraction of sp³-hybridized carbons (Fsp3) is 0.300. The van der Waals surface area contributed by atoms with Gasteiger partial charge in [-0.05, 0) is 54.8 Å². The number of halogens is 1. The fourth-order valence-corrected chi connectivity index (χ4v) is 3.66. The molecular formula is C20H19FN2O3. The molecule has 1 saturated heterocycles. The molecule has 0 aromatic heterocycles. The Balaban J connectivity index is 1.61. The highest BCUT2D eigenvalue weighted by molar-refractivity contribution is 6.05. The number of hydrogen-bond acceptors (Lipinski definition) is 4. The van der Waals surface area contributed by atoms with E-state index < -0.39 is 0 Å². The van der Waals surface area contributed by atoms with Gasteiger partial charge in [-0.3, -0.25) is 4.79 Å². The predicted molar refractivity (Wildman–Crippen MR) is 95.8 cm³/mol. The van der Waals surface area contributed by atoms with Gasteiger partial charge in [0.1, 0.15) is 11.9 Å². The highest BCUT2D eigenvalue weighted by Gasteiger charge is 2.35. The van der Waals surface area contributed by atoms with E-state index >= 15 is 0 Å². The van der Waals surface area contributed by atoms with Crippen LogP contribution in [0.15, 0.2) is 42.5 Å². The average molecular weight is 354 g/mol. The zero-order valence-corrected chi connectivity index (χ0v) is 14.2. The molecule has 2 aliphatic heterocycles. The van der Waals surface area contributed by atoms with Crippen molar-refractivity contribution in [3.05, 3.63) is 59.4 Å². The molecule has 0 aliphatic carbocycles. The van der Waals surface area contributed by atoms with Crippen LogP contribution in [0.1, 0.15) is 28.8 Å². The Morgan fingerprint density at radius 3 is 2.73 bits per heavy atom. The summed E-state index contributed by atoms with van der Waals surface area (Å²) < 4.78 is 18.2. The molecule has 2 aromatic rings. The molecule has 134 valence electrons. The van der Waals surface area contributed by atoms with Crippen molar-refractivity contribution >= 4 is 23.3 Å². The fourth-order valence-electron chi connectivity index (χ4n) is 3.66. The van der Waals surface area contributed by atoms with Gasteiger partial charge < -0.3 is 15.0 Å². The molecule has 2 aromatic carbocycles. The number of carbonyl (C=O) groups excluding carboxylic acids is 2. The lowest BCUT2D eigenvalue weighted by molar-refractivity contribution is -0.139. The minimum absolute atomic E-state index is 0.182. The van der Waals surface area contributed by atoms with Crippen LogP contribution in [0.5, 0.6) is 0 Å². The van der Waals surface area contributed by atoms with Crippen molar-refractivity contribution < 1.29 is 18.7 Å². The Labute approximate surface area is 150 Å². The maximum atomic E-state index is 13.0. The summed E-state index contributed by atoms with van der Waals surface area (Å²) in [5.41, 5.74) is 3.12. The molecule has 4 rings (SSSR count). The number of nitrogens with zero attached hydrogens (tertiary/aromatic N) is 1. The van der Waals surface area contributed by atoms with Gasteiger partial charge in [0.15, 0.2) is 0 Å². The summed E-state index contributed by atoms with van der Waals surface area (Å²) >= 11 is 0. The van der Waals surface area contributed by atoms with Crippen molar-refractivity contribution in [3.8, 4) is 0 Å². The van der Waals surface area contributed by atoms with Crippen molar-refractivity contribution in [2.24, 2.45) is 0 Å². The number of rotatable bonds is 3. The Morgan fingerprint density at radius 2 is 2.00 bits per heavy atom. The molecule has 5 nitrogen and oxygen atoms in total. The summed E-state index contributed by atoms with van der Waals surface area (Å²) in [6.45, 7) is 1.25. The van der Waals surface area contributed by atoms with Gasteiger partial charge in [-0.25, -0.2) is 9.18 Å². The van der Waals surface area contributed by atoms with Gasteiger partial charge >= 0.3 is 5.97 Å². The Morgan fingerprint density at radius 1 is 1.19 bits per heavy atom.